The number of fused-ring (bicyclic) bond motifs is 2. The third-order valence-corrected chi connectivity index (χ3v) is 2.88. The molecule has 2 fully saturated rings. The fraction of sp³-hybridized carbons (Fsp3) is 1.00. The Hall–Kier alpha value is 0.250. The number of hydrogen-bond donors (Lipinski definition) is 1. The second-order valence-electron chi connectivity index (χ2n) is 3.83. The van der Waals surface area contributed by atoms with E-state index in [1.807, 2.05) is 0 Å². The molecule has 2 heterocycles. The number of nitrogens with one attached hydrogen (secondary N) is 1. The van der Waals surface area contributed by atoms with Gasteiger partial charge in [-0.15, -0.1) is 12.4 Å². The van der Waals surface area contributed by atoms with Crippen LogP contribution >= 0.6 is 12.4 Å². The van der Waals surface area contributed by atoms with Gasteiger partial charge in [0.1, 0.15) is 0 Å². The van der Waals surface area contributed by atoms with Crippen LogP contribution in [-0.2, 0) is 0 Å². The lowest BCUT2D eigenvalue weighted by molar-refractivity contribution is 0.300. The van der Waals surface area contributed by atoms with Gasteiger partial charge >= 0.3 is 0 Å². The van der Waals surface area contributed by atoms with Crippen molar-refractivity contribution in [1.29, 1.82) is 0 Å². The van der Waals surface area contributed by atoms with E-state index in [9.17, 15) is 0 Å². The van der Waals surface area contributed by atoms with Crippen molar-refractivity contribution in [2.75, 3.05) is 0 Å². The normalized spacial score (nSPS) is 44.7. The summed E-state index contributed by atoms with van der Waals surface area (Å²) in [7, 11) is 0. The topological polar surface area (TPSA) is 12.0 Å². The molecular weight excluding hydrogens is 146 g/mol. The van der Waals surface area contributed by atoms with E-state index in [4.69, 9.17) is 0 Å². The summed E-state index contributed by atoms with van der Waals surface area (Å²) in [5.74, 6) is 0. The summed E-state index contributed by atoms with van der Waals surface area (Å²) in [6, 6.07) is 0.878. The molecule has 2 aliphatic heterocycles. The Morgan fingerprint density at radius 2 is 2.10 bits per heavy atom. The molecule has 2 unspecified atom stereocenters. The minimum Gasteiger partial charge on any atom is -0.309 e. The van der Waals surface area contributed by atoms with E-state index in [1.165, 1.54) is 32.1 Å². The van der Waals surface area contributed by atoms with Crippen molar-refractivity contribution < 1.29 is 0 Å². The maximum absolute atomic E-state index is 3.67. The SMILES string of the molecule is CC12CCCC(CC1)N2.Cl. The van der Waals surface area contributed by atoms with Gasteiger partial charge in [0.15, 0.2) is 0 Å². The van der Waals surface area contributed by atoms with Crippen LogP contribution in [0.4, 0.5) is 0 Å². The number of piperidine rings is 1. The van der Waals surface area contributed by atoms with Crippen LogP contribution in [-0.4, -0.2) is 11.6 Å². The van der Waals surface area contributed by atoms with E-state index >= 15 is 0 Å². The van der Waals surface area contributed by atoms with Crippen molar-refractivity contribution in [3.05, 3.63) is 0 Å². The zero-order valence-corrected chi connectivity index (χ0v) is 7.34. The summed E-state index contributed by atoms with van der Waals surface area (Å²) < 4.78 is 0. The average molecular weight is 162 g/mol. The highest BCUT2D eigenvalue weighted by Gasteiger charge is 2.36. The molecule has 2 aliphatic rings. The van der Waals surface area contributed by atoms with Gasteiger partial charge in [-0.2, -0.15) is 0 Å². The van der Waals surface area contributed by atoms with Gasteiger partial charge in [0.25, 0.3) is 0 Å². The molecule has 2 saturated heterocycles. The molecule has 60 valence electrons. The Kier molecular flexibility index (Phi) is 2.26. The van der Waals surface area contributed by atoms with E-state index < -0.39 is 0 Å². The fourth-order valence-corrected chi connectivity index (χ4v) is 2.28. The van der Waals surface area contributed by atoms with Crippen molar-refractivity contribution in [3.8, 4) is 0 Å². The first-order chi connectivity index (χ1) is 4.29. The Morgan fingerprint density at radius 3 is 2.70 bits per heavy atom. The number of hydrogen-bond acceptors (Lipinski definition) is 1. The zero-order chi connectivity index (χ0) is 6.32. The van der Waals surface area contributed by atoms with Crippen LogP contribution in [0.15, 0.2) is 0 Å². The lowest BCUT2D eigenvalue weighted by Crippen LogP contribution is -2.43. The molecule has 0 saturated carbocycles. The molecular formula is C8H16ClN. The van der Waals surface area contributed by atoms with E-state index in [1.54, 1.807) is 0 Å². The maximum atomic E-state index is 3.67. The van der Waals surface area contributed by atoms with Crippen LogP contribution in [0.3, 0.4) is 0 Å². The molecule has 1 N–H and O–H groups in total. The van der Waals surface area contributed by atoms with E-state index in [0.717, 1.165) is 6.04 Å². The average Bonchev–Trinajstić information content (AvgIpc) is 2.07. The minimum absolute atomic E-state index is 0. The predicted molar refractivity (Wildman–Crippen MR) is 45.7 cm³/mol. The molecule has 0 aliphatic carbocycles. The van der Waals surface area contributed by atoms with Crippen LogP contribution in [0, 0.1) is 0 Å². The molecule has 2 atom stereocenters. The Morgan fingerprint density at radius 1 is 1.30 bits per heavy atom. The molecule has 0 aromatic rings. The van der Waals surface area contributed by atoms with Crippen molar-refractivity contribution in [2.24, 2.45) is 0 Å². The van der Waals surface area contributed by atoms with E-state index in [0.29, 0.717) is 5.54 Å². The second kappa shape index (κ2) is 2.71. The van der Waals surface area contributed by atoms with Gasteiger partial charge in [-0.3, -0.25) is 0 Å². The first kappa shape index (κ1) is 8.35. The lowest BCUT2D eigenvalue weighted by atomic mass is 9.93. The van der Waals surface area contributed by atoms with Crippen molar-refractivity contribution >= 4 is 12.4 Å². The van der Waals surface area contributed by atoms with E-state index in [2.05, 4.69) is 12.2 Å². The van der Waals surface area contributed by atoms with Crippen molar-refractivity contribution in [2.45, 2.75) is 50.6 Å². The van der Waals surface area contributed by atoms with Crippen molar-refractivity contribution in [3.63, 3.8) is 0 Å². The third kappa shape index (κ3) is 1.30. The monoisotopic (exact) mass is 161 g/mol. The standard InChI is InChI=1S/C8H15N.ClH/c1-8-5-2-3-7(9-8)4-6-8;/h7,9H,2-6H2,1H3;1H. The van der Waals surface area contributed by atoms with Gasteiger partial charge in [-0.1, -0.05) is 6.42 Å². The van der Waals surface area contributed by atoms with Crippen LogP contribution in [0.25, 0.3) is 0 Å². The largest absolute Gasteiger partial charge is 0.309 e. The summed E-state index contributed by atoms with van der Waals surface area (Å²) in [6.45, 7) is 2.37. The second-order valence-corrected chi connectivity index (χ2v) is 3.83. The predicted octanol–water partition coefficient (Wildman–Crippen LogP) is 2.10. The molecule has 2 rings (SSSR count). The quantitative estimate of drug-likeness (QED) is 0.574. The van der Waals surface area contributed by atoms with Gasteiger partial charge in [-0.05, 0) is 32.6 Å². The van der Waals surface area contributed by atoms with Crippen LogP contribution in [0.5, 0.6) is 0 Å². The smallest absolute Gasteiger partial charge is 0.0156 e. The van der Waals surface area contributed by atoms with Gasteiger partial charge in [0.05, 0.1) is 0 Å². The zero-order valence-electron chi connectivity index (χ0n) is 6.52. The highest BCUT2D eigenvalue weighted by molar-refractivity contribution is 5.85. The van der Waals surface area contributed by atoms with Crippen LogP contribution < -0.4 is 5.32 Å². The summed E-state index contributed by atoms with van der Waals surface area (Å²) in [5.41, 5.74) is 0.545. The minimum atomic E-state index is 0. The molecule has 0 radical (unpaired) electrons. The lowest BCUT2D eigenvalue weighted by Gasteiger charge is -2.30. The summed E-state index contributed by atoms with van der Waals surface area (Å²) in [4.78, 5) is 0. The summed E-state index contributed by atoms with van der Waals surface area (Å²) in [6.07, 6.45) is 7.13. The molecule has 0 spiro atoms. The molecule has 0 aromatic carbocycles. The molecule has 2 heteroatoms. The number of halogens is 1. The van der Waals surface area contributed by atoms with Gasteiger partial charge < -0.3 is 5.32 Å². The molecule has 1 nitrogen and oxygen atoms in total. The van der Waals surface area contributed by atoms with Gasteiger partial charge in [0, 0.05) is 11.6 Å². The van der Waals surface area contributed by atoms with Crippen LogP contribution in [0.2, 0.25) is 0 Å². The third-order valence-electron chi connectivity index (χ3n) is 2.88. The van der Waals surface area contributed by atoms with Gasteiger partial charge in [-0.25, -0.2) is 0 Å². The summed E-state index contributed by atoms with van der Waals surface area (Å²) in [5, 5.41) is 3.67. The molecule has 0 amide bonds. The highest BCUT2D eigenvalue weighted by Crippen LogP contribution is 2.34. The molecule has 2 bridgehead atoms. The van der Waals surface area contributed by atoms with Crippen molar-refractivity contribution in [1.82, 2.24) is 5.32 Å². The Labute approximate surface area is 69.0 Å². The fourth-order valence-electron chi connectivity index (χ4n) is 2.28. The van der Waals surface area contributed by atoms with E-state index in [-0.39, 0.29) is 12.4 Å². The first-order valence-electron chi connectivity index (χ1n) is 4.06. The summed E-state index contributed by atoms with van der Waals surface area (Å²) >= 11 is 0. The maximum Gasteiger partial charge on any atom is 0.0156 e. The molecule has 10 heavy (non-hydrogen) atoms. The Balaban J connectivity index is 0.000000500. The first-order valence-corrected chi connectivity index (χ1v) is 4.06. The Bertz CT molecular complexity index is 122. The highest BCUT2D eigenvalue weighted by atomic mass is 35.5. The molecule has 0 aromatic heterocycles. The van der Waals surface area contributed by atoms with Crippen LogP contribution in [0.1, 0.15) is 39.0 Å². The van der Waals surface area contributed by atoms with Gasteiger partial charge in [0.2, 0.25) is 0 Å². The number of rotatable bonds is 0.